The molecule has 0 unspecified atom stereocenters. The zero-order valence-electron chi connectivity index (χ0n) is 13.4. The van der Waals surface area contributed by atoms with Crippen LogP contribution in [-0.4, -0.2) is 16.0 Å². The van der Waals surface area contributed by atoms with Crippen molar-refractivity contribution in [2.24, 2.45) is 0 Å². The van der Waals surface area contributed by atoms with Crippen molar-refractivity contribution in [3.05, 3.63) is 46.5 Å². The molecule has 0 fully saturated rings. The molecule has 0 saturated carbocycles. The van der Waals surface area contributed by atoms with E-state index in [1.54, 1.807) is 0 Å². The Morgan fingerprint density at radius 1 is 1.31 bits per heavy atom. The number of alkyl halides is 3. The minimum absolute atomic E-state index is 0.0629. The summed E-state index contributed by atoms with van der Waals surface area (Å²) in [5, 5.41) is 12.5. The molecule has 0 aliphatic rings. The van der Waals surface area contributed by atoms with Gasteiger partial charge < -0.3 is 15.2 Å². The average Bonchev–Trinajstić information content (AvgIpc) is 3.23. The summed E-state index contributed by atoms with van der Waals surface area (Å²) < 4.78 is 44.9. The van der Waals surface area contributed by atoms with Crippen LogP contribution < -0.4 is 10.6 Å². The van der Waals surface area contributed by atoms with Gasteiger partial charge in [0.2, 0.25) is 17.6 Å². The lowest BCUT2D eigenvalue weighted by atomic mass is 10.1. The second kappa shape index (κ2) is 7.16. The zero-order valence-corrected chi connectivity index (χ0v) is 14.2. The molecular formula is C16H13F3N4O2S. The van der Waals surface area contributed by atoms with Gasteiger partial charge in [-0.3, -0.25) is 4.79 Å². The molecule has 0 atom stereocenters. The molecule has 0 bridgehead atoms. The number of benzene rings is 1. The second-order valence-electron chi connectivity index (χ2n) is 5.32. The summed E-state index contributed by atoms with van der Waals surface area (Å²) in [5.41, 5.74) is -0.211. The number of aromatic nitrogens is 2. The lowest BCUT2D eigenvalue weighted by Crippen LogP contribution is -2.13. The molecule has 0 aliphatic heterocycles. The number of nitrogens with zero attached hydrogens (tertiary/aromatic N) is 2. The third kappa shape index (κ3) is 4.20. The van der Waals surface area contributed by atoms with Crippen LogP contribution >= 0.6 is 11.3 Å². The highest BCUT2D eigenvalue weighted by Crippen LogP contribution is 2.36. The molecule has 3 rings (SSSR count). The molecule has 10 heteroatoms. The van der Waals surface area contributed by atoms with Crippen LogP contribution in [0, 0.1) is 0 Å². The number of carbonyl (C=O) groups is 1. The summed E-state index contributed by atoms with van der Waals surface area (Å²) in [5.74, 6) is 0.0796. The molecule has 0 aliphatic carbocycles. The van der Waals surface area contributed by atoms with Crippen molar-refractivity contribution in [1.29, 1.82) is 0 Å². The fraction of sp³-hybridized carbons (Fsp3) is 0.188. The van der Waals surface area contributed by atoms with Crippen LogP contribution in [0.3, 0.4) is 0 Å². The number of hydrogen-bond donors (Lipinski definition) is 2. The molecule has 26 heavy (non-hydrogen) atoms. The number of anilines is 2. The van der Waals surface area contributed by atoms with Crippen LogP contribution in [0.25, 0.3) is 11.4 Å². The lowest BCUT2D eigenvalue weighted by molar-refractivity contribution is -0.137. The topological polar surface area (TPSA) is 80.0 Å². The molecule has 1 amide bonds. The standard InChI is InChI=1S/C16H13F3N4O2S/c1-9(24)21-11-2-3-13(12(6-11)16(17,18)19)20-7-14-22-15(23-25-14)10-4-5-26-8-10/h2-6,8,20H,7H2,1H3,(H,21,24). The van der Waals surface area contributed by atoms with Crippen molar-refractivity contribution >= 4 is 28.6 Å². The van der Waals surface area contributed by atoms with Crippen LogP contribution in [0.1, 0.15) is 18.4 Å². The fourth-order valence-corrected chi connectivity index (χ4v) is 2.85. The van der Waals surface area contributed by atoms with Crippen molar-refractivity contribution in [1.82, 2.24) is 10.1 Å². The second-order valence-corrected chi connectivity index (χ2v) is 6.10. The number of nitrogens with one attached hydrogen (secondary N) is 2. The van der Waals surface area contributed by atoms with E-state index in [0.717, 1.165) is 11.6 Å². The lowest BCUT2D eigenvalue weighted by Gasteiger charge is -2.15. The molecule has 3 aromatic rings. The summed E-state index contributed by atoms with van der Waals surface area (Å²) in [4.78, 5) is 15.2. The Kier molecular flexibility index (Phi) is 4.94. The summed E-state index contributed by atoms with van der Waals surface area (Å²) >= 11 is 1.47. The maximum atomic E-state index is 13.3. The summed E-state index contributed by atoms with van der Waals surface area (Å²) in [6, 6.07) is 5.30. The first-order valence-corrected chi connectivity index (χ1v) is 8.35. The number of halogens is 3. The maximum absolute atomic E-state index is 13.3. The van der Waals surface area contributed by atoms with Gasteiger partial charge >= 0.3 is 6.18 Å². The Labute approximate surface area is 150 Å². The Bertz CT molecular complexity index is 907. The third-order valence-electron chi connectivity index (χ3n) is 3.32. The molecule has 2 heterocycles. The normalized spacial score (nSPS) is 11.4. The molecular weight excluding hydrogens is 369 g/mol. The quantitative estimate of drug-likeness (QED) is 0.684. The van der Waals surface area contributed by atoms with Gasteiger partial charge in [0, 0.05) is 29.2 Å². The zero-order chi connectivity index (χ0) is 18.7. The molecule has 136 valence electrons. The van der Waals surface area contributed by atoms with Crippen LogP contribution in [-0.2, 0) is 17.5 Å². The van der Waals surface area contributed by atoms with Crippen molar-refractivity contribution in [2.45, 2.75) is 19.6 Å². The van der Waals surface area contributed by atoms with Gasteiger partial charge in [-0.05, 0) is 29.6 Å². The first kappa shape index (κ1) is 17.9. The van der Waals surface area contributed by atoms with Gasteiger partial charge in [-0.25, -0.2) is 0 Å². The Balaban J connectivity index is 1.78. The molecule has 2 N–H and O–H groups in total. The van der Waals surface area contributed by atoms with E-state index in [2.05, 4.69) is 20.8 Å². The number of carbonyl (C=O) groups excluding carboxylic acids is 1. The molecule has 2 aromatic heterocycles. The largest absolute Gasteiger partial charge is 0.418 e. The van der Waals surface area contributed by atoms with Gasteiger partial charge in [-0.15, -0.1) is 0 Å². The van der Waals surface area contributed by atoms with Gasteiger partial charge in [0.05, 0.1) is 12.1 Å². The van der Waals surface area contributed by atoms with Crippen LogP contribution in [0.5, 0.6) is 0 Å². The summed E-state index contributed by atoms with van der Waals surface area (Å²) in [6.45, 7) is 1.15. The highest BCUT2D eigenvalue weighted by Gasteiger charge is 2.34. The minimum Gasteiger partial charge on any atom is -0.376 e. The number of thiophene rings is 1. The van der Waals surface area contributed by atoms with E-state index in [0.29, 0.717) is 5.82 Å². The van der Waals surface area contributed by atoms with Crippen LogP contribution in [0.2, 0.25) is 0 Å². The minimum atomic E-state index is -4.59. The average molecular weight is 382 g/mol. The summed E-state index contributed by atoms with van der Waals surface area (Å²) in [6.07, 6.45) is -4.59. The molecule has 0 spiro atoms. The van der Waals surface area contributed by atoms with Crippen molar-refractivity contribution in [3.63, 3.8) is 0 Å². The summed E-state index contributed by atoms with van der Waals surface area (Å²) in [7, 11) is 0. The van der Waals surface area contributed by atoms with E-state index in [4.69, 9.17) is 4.52 Å². The first-order chi connectivity index (χ1) is 12.3. The first-order valence-electron chi connectivity index (χ1n) is 7.41. The van der Waals surface area contributed by atoms with E-state index in [1.165, 1.54) is 30.4 Å². The number of amides is 1. The van der Waals surface area contributed by atoms with E-state index < -0.39 is 17.6 Å². The third-order valence-corrected chi connectivity index (χ3v) is 4.01. The highest BCUT2D eigenvalue weighted by molar-refractivity contribution is 7.08. The predicted molar refractivity (Wildman–Crippen MR) is 90.7 cm³/mol. The molecule has 0 radical (unpaired) electrons. The molecule has 0 saturated heterocycles. The van der Waals surface area contributed by atoms with Crippen molar-refractivity contribution in [2.75, 3.05) is 10.6 Å². The monoisotopic (exact) mass is 382 g/mol. The number of hydrogen-bond acceptors (Lipinski definition) is 6. The number of rotatable bonds is 5. The SMILES string of the molecule is CC(=O)Nc1ccc(NCc2nc(-c3ccsc3)no2)c(C(F)(F)F)c1. The van der Waals surface area contributed by atoms with Gasteiger partial charge in [-0.1, -0.05) is 5.16 Å². The predicted octanol–water partition coefficient (Wildman–Crippen LogP) is 4.39. The van der Waals surface area contributed by atoms with Gasteiger partial charge in [0.15, 0.2) is 0 Å². The van der Waals surface area contributed by atoms with Crippen molar-refractivity contribution < 1.29 is 22.5 Å². The van der Waals surface area contributed by atoms with Crippen LogP contribution in [0.15, 0.2) is 39.5 Å². The van der Waals surface area contributed by atoms with E-state index in [1.807, 2.05) is 16.8 Å². The van der Waals surface area contributed by atoms with E-state index in [-0.39, 0.29) is 23.8 Å². The van der Waals surface area contributed by atoms with Gasteiger partial charge in [-0.2, -0.15) is 29.5 Å². The molecule has 1 aromatic carbocycles. The fourth-order valence-electron chi connectivity index (χ4n) is 2.22. The maximum Gasteiger partial charge on any atom is 0.418 e. The Morgan fingerprint density at radius 2 is 2.12 bits per heavy atom. The van der Waals surface area contributed by atoms with E-state index >= 15 is 0 Å². The van der Waals surface area contributed by atoms with Crippen LogP contribution in [0.4, 0.5) is 24.5 Å². The molecule has 6 nitrogen and oxygen atoms in total. The van der Waals surface area contributed by atoms with Gasteiger partial charge in [0.1, 0.15) is 0 Å². The van der Waals surface area contributed by atoms with E-state index in [9.17, 15) is 18.0 Å². The highest BCUT2D eigenvalue weighted by atomic mass is 32.1. The Hall–Kier alpha value is -2.88. The Morgan fingerprint density at radius 3 is 2.77 bits per heavy atom. The van der Waals surface area contributed by atoms with Gasteiger partial charge in [0.25, 0.3) is 0 Å². The van der Waals surface area contributed by atoms with Crippen molar-refractivity contribution in [3.8, 4) is 11.4 Å². The smallest absolute Gasteiger partial charge is 0.376 e.